The molecule has 0 radical (unpaired) electrons. The van der Waals surface area contributed by atoms with Gasteiger partial charge in [0.25, 0.3) is 0 Å². The molecule has 1 amide bonds. The highest BCUT2D eigenvalue weighted by atomic mass is 19.1. The minimum absolute atomic E-state index is 0.367. The highest BCUT2D eigenvalue weighted by Gasteiger charge is 2.45. The van der Waals surface area contributed by atoms with Crippen LogP contribution < -0.4 is 5.32 Å². The number of hydrogen-bond acceptors (Lipinski definition) is 1. The third kappa shape index (κ3) is 1.36. The standard InChI is InChI=1S/C10H9F2NO/c11-7-1-2-8(9(12)5-7)10(3-4-10)13-6-14/h1-2,5-6H,3-4H2,(H,13,14). The molecule has 0 heterocycles. The molecule has 74 valence electrons. The van der Waals surface area contributed by atoms with Gasteiger partial charge in [0.05, 0.1) is 5.54 Å². The normalized spacial score (nSPS) is 17.6. The maximum absolute atomic E-state index is 13.3. The summed E-state index contributed by atoms with van der Waals surface area (Å²) in [5.41, 5.74) is -0.217. The maximum Gasteiger partial charge on any atom is 0.207 e. The predicted molar refractivity (Wildman–Crippen MR) is 46.5 cm³/mol. The Labute approximate surface area is 79.9 Å². The number of amides is 1. The van der Waals surface area contributed by atoms with E-state index in [9.17, 15) is 13.6 Å². The third-order valence-corrected chi connectivity index (χ3v) is 2.53. The molecule has 1 saturated carbocycles. The third-order valence-electron chi connectivity index (χ3n) is 2.53. The van der Waals surface area contributed by atoms with Crippen LogP contribution >= 0.6 is 0 Å². The number of hydrogen-bond donors (Lipinski definition) is 1. The summed E-state index contributed by atoms with van der Waals surface area (Å²) in [7, 11) is 0. The summed E-state index contributed by atoms with van der Waals surface area (Å²) in [5.74, 6) is -1.20. The van der Waals surface area contributed by atoms with Gasteiger partial charge in [-0.2, -0.15) is 0 Å². The zero-order chi connectivity index (χ0) is 10.2. The number of carbonyl (C=O) groups excluding carboxylic acids is 1. The van der Waals surface area contributed by atoms with Gasteiger partial charge in [-0.15, -0.1) is 0 Å². The second kappa shape index (κ2) is 3.04. The van der Waals surface area contributed by atoms with Crippen molar-refractivity contribution in [3.8, 4) is 0 Å². The largest absolute Gasteiger partial charge is 0.349 e. The molecule has 0 unspecified atom stereocenters. The molecule has 1 fully saturated rings. The van der Waals surface area contributed by atoms with Crippen LogP contribution in [-0.4, -0.2) is 6.41 Å². The van der Waals surface area contributed by atoms with Crippen LogP contribution in [0.1, 0.15) is 18.4 Å². The number of benzene rings is 1. The predicted octanol–water partition coefficient (Wildman–Crippen LogP) is 1.70. The van der Waals surface area contributed by atoms with Crippen molar-refractivity contribution in [1.29, 1.82) is 0 Å². The minimum Gasteiger partial charge on any atom is -0.349 e. The summed E-state index contributed by atoms with van der Waals surface area (Å²) in [6.07, 6.45) is 1.96. The van der Waals surface area contributed by atoms with Crippen LogP contribution in [0.2, 0.25) is 0 Å². The molecular formula is C10H9F2NO. The number of nitrogens with one attached hydrogen (secondary N) is 1. The number of rotatable bonds is 3. The van der Waals surface area contributed by atoms with Crippen molar-refractivity contribution in [2.75, 3.05) is 0 Å². The first kappa shape index (κ1) is 9.12. The Balaban J connectivity index is 2.36. The van der Waals surface area contributed by atoms with Crippen molar-refractivity contribution in [3.05, 3.63) is 35.4 Å². The Bertz CT molecular complexity index is 374. The van der Waals surface area contributed by atoms with Gasteiger partial charge in [0.15, 0.2) is 0 Å². The highest BCUT2D eigenvalue weighted by Crippen LogP contribution is 2.46. The van der Waals surface area contributed by atoms with Gasteiger partial charge in [-0.25, -0.2) is 8.78 Å². The van der Waals surface area contributed by atoms with Gasteiger partial charge in [0, 0.05) is 11.6 Å². The Morgan fingerprint density at radius 3 is 2.57 bits per heavy atom. The molecule has 14 heavy (non-hydrogen) atoms. The smallest absolute Gasteiger partial charge is 0.207 e. The Hall–Kier alpha value is -1.45. The molecule has 1 aromatic carbocycles. The second-order valence-corrected chi connectivity index (χ2v) is 3.47. The number of carbonyl (C=O) groups is 1. The first-order chi connectivity index (χ1) is 6.68. The molecule has 0 bridgehead atoms. The molecule has 4 heteroatoms. The zero-order valence-corrected chi connectivity index (χ0v) is 7.39. The van der Waals surface area contributed by atoms with Crippen LogP contribution in [-0.2, 0) is 10.3 Å². The van der Waals surface area contributed by atoms with E-state index in [1.807, 2.05) is 0 Å². The van der Waals surface area contributed by atoms with Crippen LogP contribution in [0.3, 0.4) is 0 Å². The lowest BCUT2D eigenvalue weighted by Crippen LogP contribution is -2.28. The average molecular weight is 197 g/mol. The second-order valence-electron chi connectivity index (χ2n) is 3.47. The maximum atomic E-state index is 13.3. The first-order valence-corrected chi connectivity index (χ1v) is 4.35. The van der Waals surface area contributed by atoms with E-state index in [1.54, 1.807) is 0 Å². The quantitative estimate of drug-likeness (QED) is 0.734. The van der Waals surface area contributed by atoms with E-state index >= 15 is 0 Å². The molecule has 2 nitrogen and oxygen atoms in total. The average Bonchev–Trinajstić information content (AvgIpc) is 2.86. The van der Waals surface area contributed by atoms with Crippen LogP contribution in [0.4, 0.5) is 8.78 Å². The molecule has 0 atom stereocenters. The van der Waals surface area contributed by atoms with Crippen LogP contribution in [0.15, 0.2) is 18.2 Å². The van der Waals surface area contributed by atoms with Gasteiger partial charge in [-0.05, 0) is 18.9 Å². The van der Waals surface area contributed by atoms with E-state index in [-0.39, 0.29) is 0 Å². The van der Waals surface area contributed by atoms with Gasteiger partial charge in [0.2, 0.25) is 6.41 Å². The first-order valence-electron chi connectivity index (χ1n) is 4.35. The van der Waals surface area contributed by atoms with E-state index in [0.717, 1.165) is 6.07 Å². The van der Waals surface area contributed by atoms with Crippen LogP contribution in [0, 0.1) is 11.6 Å². The molecule has 2 rings (SSSR count). The fourth-order valence-corrected chi connectivity index (χ4v) is 1.61. The monoisotopic (exact) mass is 197 g/mol. The highest BCUT2D eigenvalue weighted by molar-refractivity contribution is 5.51. The van der Waals surface area contributed by atoms with Gasteiger partial charge in [0.1, 0.15) is 11.6 Å². The van der Waals surface area contributed by atoms with Gasteiger partial charge in [-0.3, -0.25) is 4.79 Å². The Morgan fingerprint density at radius 2 is 2.07 bits per heavy atom. The van der Waals surface area contributed by atoms with Crippen molar-refractivity contribution in [2.45, 2.75) is 18.4 Å². The lowest BCUT2D eigenvalue weighted by atomic mass is 10.0. The molecule has 1 aliphatic carbocycles. The van der Waals surface area contributed by atoms with Gasteiger partial charge < -0.3 is 5.32 Å². The van der Waals surface area contributed by atoms with Crippen LogP contribution in [0.25, 0.3) is 0 Å². The zero-order valence-electron chi connectivity index (χ0n) is 7.39. The van der Waals surface area contributed by atoms with Crippen LogP contribution in [0.5, 0.6) is 0 Å². The summed E-state index contributed by atoms with van der Waals surface area (Å²) in [5, 5.41) is 2.57. The Kier molecular flexibility index (Phi) is 1.98. The van der Waals surface area contributed by atoms with Gasteiger partial charge in [-0.1, -0.05) is 6.07 Å². The fourth-order valence-electron chi connectivity index (χ4n) is 1.61. The van der Waals surface area contributed by atoms with E-state index in [1.165, 1.54) is 12.1 Å². The molecule has 1 aliphatic rings. The summed E-state index contributed by atoms with van der Waals surface area (Å²) >= 11 is 0. The van der Waals surface area contributed by atoms with Gasteiger partial charge >= 0.3 is 0 Å². The molecule has 1 N–H and O–H groups in total. The molecule has 1 aromatic rings. The summed E-state index contributed by atoms with van der Waals surface area (Å²) in [6, 6.07) is 3.42. The van der Waals surface area contributed by atoms with E-state index in [2.05, 4.69) is 5.32 Å². The lowest BCUT2D eigenvalue weighted by Gasteiger charge is -2.14. The van der Waals surface area contributed by atoms with E-state index in [0.29, 0.717) is 24.8 Å². The van der Waals surface area contributed by atoms with Crippen molar-refractivity contribution in [3.63, 3.8) is 0 Å². The molecule has 0 aromatic heterocycles. The SMILES string of the molecule is O=CNC1(c2ccc(F)cc2F)CC1. The summed E-state index contributed by atoms with van der Waals surface area (Å²) in [6.45, 7) is 0. The Morgan fingerprint density at radius 1 is 1.36 bits per heavy atom. The fraction of sp³-hybridized carbons (Fsp3) is 0.300. The van der Waals surface area contributed by atoms with E-state index in [4.69, 9.17) is 0 Å². The topological polar surface area (TPSA) is 29.1 Å². The number of halogens is 2. The summed E-state index contributed by atoms with van der Waals surface area (Å²) < 4.78 is 25.9. The molecule has 0 aliphatic heterocycles. The summed E-state index contributed by atoms with van der Waals surface area (Å²) in [4.78, 5) is 10.3. The minimum atomic E-state index is -0.604. The van der Waals surface area contributed by atoms with Crippen molar-refractivity contribution in [2.24, 2.45) is 0 Å². The molecular weight excluding hydrogens is 188 g/mol. The van der Waals surface area contributed by atoms with Crippen molar-refractivity contribution >= 4 is 6.41 Å². The van der Waals surface area contributed by atoms with E-state index < -0.39 is 17.2 Å². The molecule has 0 saturated heterocycles. The lowest BCUT2D eigenvalue weighted by molar-refractivity contribution is -0.110. The van der Waals surface area contributed by atoms with Crippen molar-refractivity contribution < 1.29 is 13.6 Å². The molecule has 0 spiro atoms. The van der Waals surface area contributed by atoms with Crippen molar-refractivity contribution in [1.82, 2.24) is 5.32 Å².